The summed E-state index contributed by atoms with van der Waals surface area (Å²) >= 11 is 0. The van der Waals surface area contributed by atoms with Crippen LogP contribution in [0.4, 0.5) is 0 Å². The molecule has 0 unspecified atom stereocenters. The van der Waals surface area contributed by atoms with Gasteiger partial charge in [0, 0.05) is 18.9 Å². The molecule has 4 heterocycles. The Morgan fingerprint density at radius 2 is 2.13 bits per heavy atom. The van der Waals surface area contributed by atoms with E-state index in [0.717, 1.165) is 41.6 Å². The van der Waals surface area contributed by atoms with Crippen molar-refractivity contribution in [3.8, 4) is 11.5 Å². The molecule has 0 aliphatic rings. The van der Waals surface area contributed by atoms with Gasteiger partial charge in [-0.3, -0.25) is 10.00 Å². The zero-order chi connectivity index (χ0) is 15.6. The summed E-state index contributed by atoms with van der Waals surface area (Å²) < 4.78 is 7.98. The van der Waals surface area contributed by atoms with E-state index in [-0.39, 0.29) is 0 Å². The summed E-state index contributed by atoms with van der Waals surface area (Å²) in [7, 11) is 2.07. The fourth-order valence-corrected chi connectivity index (χ4v) is 2.70. The summed E-state index contributed by atoms with van der Waals surface area (Å²) in [5.74, 6) is 1.73. The first-order valence-corrected chi connectivity index (χ1v) is 7.47. The smallest absolute Gasteiger partial charge is 0.152 e. The van der Waals surface area contributed by atoms with Gasteiger partial charge < -0.3 is 8.82 Å². The van der Waals surface area contributed by atoms with Gasteiger partial charge in [-0.1, -0.05) is 6.07 Å². The fraction of sp³-hybridized carbons (Fsp3) is 0.176. The molecule has 116 valence electrons. The number of hydrogen-bond acceptors (Lipinski definition) is 4. The van der Waals surface area contributed by atoms with Crippen LogP contribution in [0.1, 0.15) is 11.5 Å². The average molecular weight is 307 g/mol. The molecular formula is C17H17N5O. The lowest BCUT2D eigenvalue weighted by atomic mass is 10.3. The molecular weight excluding hydrogens is 290 g/mol. The number of aromatic nitrogens is 4. The van der Waals surface area contributed by atoms with Gasteiger partial charge in [-0.15, -0.1) is 0 Å². The van der Waals surface area contributed by atoms with Crippen LogP contribution in [0.2, 0.25) is 0 Å². The van der Waals surface area contributed by atoms with Crippen LogP contribution in [0.15, 0.2) is 59.4 Å². The highest BCUT2D eigenvalue weighted by atomic mass is 16.3. The first kappa shape index (κ1) is 13.8. The maximum absolute atomic E-state index is 5.87. The molecule has 1 N–H and O–H groups in total. The van der Waals surface area contributed by atoms with Crippen molar-refractivity contribution in [3.05, 3.63) is 66.4 Å². The first-order valence-electron chi connectivity index (χ1n) is 7.47. The minimum absolute atomic E-state index is 0.730. The minimum atomic E-state index is 0.730. The van der Waals surface area contributed by atoms with Gasteiger partial charge in [0.05, 0.1) is 18.4 Å². The zero-order valence-electron chi connectivity index (χ0n) is 12.8. The summed E-state index contributed by atoms with van der Waals surface area (Å²) in [6, 6.07) is 11.9. The van der Waals surface area contributed by atoms with Crippen LogP contribution in [0.25, 0.3) is 17.1 Å². The molecule has 4 rings (SSSR count). The Bertz CT molecular complexity index is 906. The molecule has 23 heavy (non-hydrogen) atoms. The average Bonchev–Trinajstić information content (AvgIpc) is 3.27. The van der Waals surface area contributed by atoms with E-state index in [1.54, 1.807) is 6.20 Å². The molecule has 0 fully saturated rings. The third-order valence-electron chi connectivity index (χ3n) is 3.78. The van der Waals surface area contributed by atoms with Gasteiger partial charge >= 0.3 is 0 Å². The summed E-state index contributed by atoms with van der Waals surface area (Å²) in [6.07, 6.45) is 5.67. The van der Waals surface area contributed by atoms with Crippen LogP contribution >= 0.6 is 0 Å². The number of hydrogen-bond donors (Lipinski definition) is 1. The second-order valence-corrected chi connectivity index (χ2v) is 5.59. The van der Waals surface area contributed by atoms with Crippen molar-refractivity contribution < 1.29 is 4.42 Å². The van der Waals surface area contributed by atoms with Crippen LogP contribution in [-0.4, -0.2) is 31.5 Å². The molecule has 6 heteroatoms. The van der Waals surface area contributed by atoms with Crippen LogP contribution in [-0.2, 0) is 13.1 Å². The second kappa shape index (κ2) is 5.73. The van der Waals surface area contributed by atoms with Gasteiger partial charge in [0.2, 0.25) is 0 Å². The molecule has 4 aromatic heterocycles. The molecule has 0 atom stereocenters. The number of imidazole rings is 1. The summed E-state index contributed by atoms with van der Waals surface area (Å²) in [6.45, 7) is 1.53. The SMILES string of the molecule is CN(Cc1ccc(-c2ccn[nH]2)o1)Cc1cnc2ccccn12. The number of fused-ring (bicyclic) bond motifs is 1. The number of nitrogens with zero attached hydrogens (tertiary/aromatic N) is 4. The van der Waals surface area contributed by atoms with E-state index in [2.05, 4.69) is 31.5 Å². The van der Waals surface area contributed by atoms with Crippen LogP contribution in [0.3, 0.4) is 0 Å². The summed E-state index contributed by atoms with van der Waals surface area (Å²) in [5, 5.41) is 6.85. The van der Waals surface area contributed by atoms with Crippen molar-refractivity contribution in [2.24, 2.45) is 0 Å². The summed E-state index contributed by atoms with van der Waals surface area (Å²) in [4.78, 5) is 6.62. The maximum atomic E-state index is 5.87. The Morgan fingerprint density at radius 3 is 3.00 bits per heavy atom. The van der Waals surface area contributed by atoms with Crippen LogP contribution < -0.4 is 0 Å². The largest absolute Gasteiger partial charge is 0.458 e. The Balaban J connectivity index is 1.47. The number of aromatic amines is 1. The molecule has 4 aromatic rings. The van der Waals surface area contributed by atoms with E-state index in [0.29, 0.717) is 0 Å². The quantitative estimate of drug-likeness (QED) is 0.616. The third-order valence-corrected chi connectivity index (χ3v) is 3.78. The van der Waals surface area contributed by atoms with Crippen molar-refractivity contribution in [2.45, 2.75) is 13.1 Å². The highest BCUT2D eigenvalue weighted by Crippen LogP contribution is 2.20. The Kier molecular flexibility index (Phi) is 3.44. The Morgan fingerprint density at radius 1 is 1.17 bits per heavy atom. The molecule has 0 aliphatic heterocycles. The highest BCUT2D eigenvalue weighted by molar-refractivity contribution is 5.51. The molecule has 0 saturated carbocycles. The number of H-pyrrole nitrogens is 1. The Hall–Kier alpha value is -2.86. The lowest BCUT2D eigenvalue weighted by molar-refractivity contribution is 0.285. The van der Waals surface area contributed by atoms with Crippen molar-refractivity contribution in [1.82, 2.24) is 24.5 Å². The zero-order valence-corrected chi connectivity index (χ0v) is 12.8. The molecule has 0 amide bonds. The lowest BCUT2D eigenvalue weighted by Gasteiger charge is -2.14. The van der Waals surface area contributed by atoms with E-state index in [1.807, 2.05) is 48.8 Å². The molecule has 0 radical (unpaired) electrons. The Labute approximate surface area is 133 Å². The number of pyridine rings is 1. The summed E-state index contributed by atoms with van der Waals surface area (Å²) in [5.41, 5.74) is 3.01. The predicted octanol–water partition coefficient (Wildman–Crippen LogP) is 2.95. The fourth-order valence-electron chi connectivity index (χ4n) is 2.70. The molecule has 0 spiro atoms. The monoisotopic (exact) mass is 307 g/mol. The predicted molar refractivity (Wildman–Crippen MR) is 86.7 cm³/mol. The minimum Gasteiger partial charge on any atom is -0.458 e. The molecule has 0 aliphatic carbocycles. The third kappa shape index (κ3) is 2.76. The second-order valence-electron chi connectivity index (χ2n) is 5.59. The van der Waals surface area contributed by atoms with E-state index in [1.165, 1.54) is 0 Å². The first-order chi connectivity index (χ1) is 11.3. The molecule has 0 saturated heterocycles. The van der Waals surface area contributed by atoms with Crippen molar-refractivity contribution in [2.75, 3.05) is 7.05 Å². The van der Waals surface area contributed by atoms with Crippen molar-refractivity contribution in [1.29, 1.82) is 0 Å². The topological polar surface area (TPSA) is 62.4 Å². The van der Waals surface area contributed by atoms with Crippen molar-refractivity contribution >= 4 is 5.65 Å². The number of nitrogens with one attached hydrogen (secondary N) is 1. The van der Waals surface area contributed by atoms with Crippen molar-refractivity contribution in [3.63, 3.8) is 0 Å². The standard InChI is InChI=1S/C17H17N5O/c1-21(11-13-10-18-17-4-2-3-9-22(13)17)12-14-5-6-16(23-14)15-7-8-19-20-15/h2-10H,11-12H2,1H3,(H,19,20). The molecule has 6 nitrogen and oxygen atoms in total. The maximum Gasteiger partial charge on any atom is 0.152 e. The molecule has 0 aromatic carbocycles. The van der Waals surface area contributed by atoms with Gasteiger partial charge in [-0.25, -0.2) is 4.98 Å². The van der Waals surface area contributed by atoms with Gasteiger partial charge in [0.15, 0.2) is 5.76 Å². The van der Waals surface area contributed by atoms with Gasteiger partial charge in [0.1, 0.15) is 17.1 Å². The highest BCUT2D eigenvalue weighted by Gasteiger charge is 2.10. The van der Waals surface area contributed by atoms with E-state index < -0.39 is 0 Å². The lowest BCUT2D eigenvalue weighted by Crippen LogP contribution is -2.17. The molecule has 0 bridgehead atoms. The van der Waals surface area contributed by atoms with Gasteiger partial charge in [-0.05, 0) is 37.4 Å². The normalized spacial score (nSPS) is 11.6. The van der Waals surface area contributed by atoms with Crippen LogP contribution in [0, 0.1) is 0 Å². The number of rotatable bonds is 5. The van der Waals surface area contributed by atoms with E-state index >= 15 is 0 Å². The number of furan rings is 1. The van der Waals surface area contributed by atoms with E-state index in [9.17, 15) is 0 Å². The van der Waals surface area contributed by atoms with Crippen LogP contribution in [0.5, 0.6) is 0 Å². The van der Waals surface area contributed by atoms with Gasteiger partial charge in [-0.2, -0.15) is 5.10 Å². The van der Waals surface area contributed by atoms with E-state index in [4.69, 9.17) is 4.42 Å². The van der Waals surface area contributed by atoms with Gasteiger partial charge in [0.25, 0.3) is 0 Å².